The number of hydrogen-bond acceptors (Lipinski definition) is 2. The number of ether oxygens (including phenoxy) is 1. The maximum atomic E-state index is 10.2. The summed E-state index contributed by atoms with van der Waals surface area (Å²) in [6.07, 6.45) is 7.26. The number of aliphatic hydroxyl groups excluding tert-OH is 1. The third-order valence-corrected chi connectivity index (χ3v) is 5.84. The number of aliphatic hydroxyl groups is 1. The quantitative estimate of drug-likeness (QED) is 0.801. The van der Waals surface area contributed by atoms with Crippen LogP contribution in [0.2, 0.25) is 0 Å². The fraction of sp³-hybridized carbons (Fsp3) is 1.00. The highest BCUT2D eigenvalue weighted by Crippen LogP contribution is 2.61. The van der Waals surface area contributed by atoms with Crippen molar-refractivity contribution >= 4 is 0 Å². The van der Waals surface area contributed by atoms with Crippen LogP contribution >= 0.6 is 0 Å². The summed E-state index contributed by atoms with van der Waals surface area (Å²) in [6, 6.07) is 0. The second-order valence-electron chi connectivity index (χ2n) is 7.10. The molecular weight excluding hydrogens is 212 g/mol. The van der Waals surface area contributed by atoms with Crippen LogP contribution < -0.4 is 0 Å². The van der Waals surface area contributed by atoms with Crippen molar-refractivity contribution in [2.75, 3.05) is 0 Å². The van der Waals surface area contributed by atoms with Gasteiger partial charge in [-0.3, -0.25) is 0 Å². The largest absolute Gasteiger partial charge is 0.390 e. The third kappa shape index (κ3) is 1.53. The van der Waals surface area contributed by atoms with E-state index in [0.717, 1.165) is 18.8 Å². The minimum Gasteiger partial charge on any atom is -0.390 e. The Bertz CT molecular complexity index is 308. The number of hydrogen-bond donors (Lipinski definition) is 1. The first-order valence-electron chi connectivity index (χ1n) is 7.36. The first-order chi connectivity index (χ1) is 7.98. The highest BCUT2D eigenvalue weighted by atomic mass is 16.6. The van der Waals surface area contributed by atoms with Crippen LogP contribution in [0.15, 0.2) is 0 Å². The third-order valence-electron chi connectivity index (χ3n) is 5.84. The molecule has 3 rings (SSSR count). The van der Waals surface area contributed by atoms with Crippen LogP contribution in [0.1, 0.15) is 59.3 Å². The van der Waals surface area contributed by atoms with E-state index in [1.165, 1.54) is 25.7 Å². The Morgan fingerprint density at radius 2 is 1.82 bits per heavy atom. The van der Waals surface area contributed by atoms with Gasteiger partial charge >= 0.3 is 0 Å². The van der Waals surface area contributed by atoms with Gasteiger partial charge in [0.05, 0.1) is 17.3 Å². The van der Waals surface area contributed by atoms with Crippen molar-refractivity contribution in [3.8, 4) is 0 Å². The second-order valence-corrected chi connectivity index (χ2v) is 7.10. The molecule has 0 amide bonds. The van der Waals surface area contributed by atoms with Crippen LogP contribution in [0, 0.1) is 17.8 Å². The molecule has 2 bridgehead atoms. The van der Waals surface area contributed by atoms with Crippen LogP contribution in [-0.2, 0) is 4.74 Å². The van der Waals surface area contributed by atoms with Gasteiger partial charge in [0.1, 0.15) is 0 Å². The van der Waals surface area contributed by atoms with E-state index in [2.05, 4.69) is 20.8 Å². The summed E-state index contributed by atoms with van der Waals surface area (Å²) in [5, 5.41) is 10.2. The first kappa shape index (κ1) is 12.0. The monoisotopic (exact) mass is 238 g/mol. The Balaban J connectivity index is 1.90. The summed E-state index contributed by atoms with van der Waals surface area (Å²) in [6.45, 7) is 6.66. The van der Waals surface area contributed by atoms with Gasteiger partial charge < -0.3 is 9.84 Å². The maximum absolute atomic E-state index is 10.2. The Morgan fingerprint density at radius 1 is 1.18 bits per heavy atom. The van der Waals surface area contributed by atoms with E-state index in [0.29, 0.717) is 11.8 Å². The molecule has 3 aliphatic rings. The Hall–Kier alpha value is -0.0800. The van der Waals surface area contributed by atoms with Crippen molar-refractivity contribution in [3.63, 3.8) is 0 Å². The molecule has 4 atom stereocenters. The van der Waals surface area contributed by atoms with E-state index in [1.54, 1.807) is 0 Å². The molecule has 3 fully saturated rings. The zero-order chi connectivity index (χ0) is 12.3. The zero-order valence-corrected chi connectivity index (χ0v) is 11.4. The lowest BCUT2D eigenvalue weighted by Crippen LogP contribution is -2.46. The zero-order valence-electron chi connectivity index (χ0n) is 11.4. The standard InChI is InChI=1S/C15H26O2/c1-10(2)15-9-13(16)14(3,17-15)8-12(15)11-6-4-5-7-11/h10-13,16H,4-9H2,1-3H3/t12?,13-,14+,15-/m1/s1. The molecule has 2 aliphatic heterocycles. The minimum absolute atomic E-state index is 0.0246. The normalized spacial score (nSPS) is 50.6. The summed E-state index contributed by atoms with van der Waals surface area (Å²) < 4.78 is 6.40. The van der Waals surface area contributed by atoms with Crippen LogP contribution in [0.5, 0.6) is 0 Å². The maximum Gasteiger partial charge on any atom is 0.0924 e. The molecule has 0 aromatic rings. The van der Waals surface area contributed by atoms with Crippen LogP contribution in [0.25, 0.3) is 0 Å². The lowest BCUT2D eigenvalue weighted by atomic mass is 9.64. The second kappa shape index (κ2) is 3.71. The predicted octanol–water partition coefficient (Wildman–Crippen LogP) is 3.13. The van der Waals surface area contributed by atoms with Crippen molar-refractivity contribution in [1.82, 2.24) is 0 Å². The summed E-state index contributed by atoms with van der Waals surface area (Å²) in [7, 11) is 0. The van der Waals surface area contributed by atoms with Gasteiger partial charge in [-0.05, 0) is 31.1 Å². The van der Waals surface area contributed by atoms with Gasteiger partial charge in [0, 0.05) is 6.42 Å². The fourth-order valence-electron chi connectivity index (χ4n) is 4.78. The molecule has 0 radical (unpaired) electrons. The van der Waals surface area contributed by atoms with Gasteiger partial charge in [-0.15, -0.1) is 0 Å². The van der Waals surface area contributed by atoms with Gasteiger partial charge in [0.25, 0.3) is 0 Å². The molecular formula is C15H26O2. The average Bonchev–Trinajstić information content (AvgIpc) is 2.89. The minimum atomic E-state index is -0.252. The summed E-state index contributed by atoms with van der Waals surface area (Å²) in [5.74, 6) is 2.07. The number of rotatable bonds is 2. The molecule has 1 aliphatic carbocycles. The predicted molar refractivity (Wildman–Crippen MR) is 67.7 cm³/mol. The van der Waals surface area contributed by atoms with Crippen molar-refractivity contribution in [3.05, 3.63) is 0 Å². The fourth-order valence-corrected chi connectivity index (χ4v) is 4.78. The van der Waals surface area contributed by atoms with E-state index in [9.17, 15) is 5.11 Å². The molecule has 2 nitrogen and oxygen atoms in total. The van der Waals surface area contributed by atoms with Gasteiger partial charge in [-0.1, -0.05) is 39.5 Å². The van der Waals surface area contributed by atoms with E-state index in [4.69, 9.17) is 4.74 Å². The van der Waals surface area contributed by atoms with Gasteiger partial charge in [0.2, 0.25) is 0 Å². The molecule has 1 saturated carbocycles. The van der Waals surface area contributed by atoms with Crippen molar-refractivity contribution in [2.45, 2.75) is 76.6 Å². The molecule has 0 aromatic carbocycles. The highest BCUT2D eigenvalue weighted by molar-refractivity contribution is 5.14. The smallest absolute Gasteiger partial charge is 0.0924 e. The molecule has 2 saturated heterocycles. The highest BCUT2D eigenvalue weighted by Gasteiger charge is 2.66. The number of fused-ring (bicyclic) bond motifs is 2. The Labute approximate surface area is 105 Å². The van der Waals surface area contributed by atoms with Gasteiger partial charge in [0.15, 0.2) is 0 Å². The Morgan fingerprint density at radius 3 is 2.35 bits per heavy atom. The van der Waals surface area contributed by atoms with E-state index in [1.807, 2.05) is 0 Å². The summed E-state index contributed by atoms with van der Waals surface area (Å²) in [5.41, 5.74) is -0.277. The molecule has 1 N–H and O–H groups in total. The van der Waals surface area contributed by atoms with Crippen LogP contribution in [-0.4, -0.2) is 22.4 Å². The van der Waals surface area contributed by atoms with Crippen LogP contribution in [0.3, 0.4) is 0 Å². The van der Waals surface area contributed by atoms with Gasteiger partial charge in [-0.25, -0.2) is 0 Å². The molecule has 98 valence electrons. The SMILES string of the molecule is CC(C)[C@]12C[C@@H](O)[C@](C)(CC1C1CCCC1)O2. The Kier molecular flexibility index (Phi) is 2.61. The van der Waals surface area contributed by atoms with Crippen molar-refractivity contribution < 1.29 is 9.84 Å². The van der Waals surface area contributed by atoms with E-state index >= 15 is 0 Å². The average molecular weight is 238 g/mol. The molecule has 0 spiro atoms. The summed E-state index contributed by atoms with van der Waals surface area (Å²) >= 11 is 0. The topological polar surface area (TPSA) is 29.5 Å². The molecule has 2 heteroatoms. The molecule has 2 heterocycles. The van der Waals surface area contributed by atoms with Crippen LogP contribution in [0.4, 0.5) is 0 Å². The summed E-state index contributed by atoms with van der Waals surface area (Å²) in [4.78, 5) is 0. The van der Waals surface area contributed by atoms with Crippen molar-refractivity contribution in [2.24, 2.45) is 17.8 Å². The molecule has 17 heavy (non-hydrogen) atoms. The first-order valence-corrected chi connectivity index (χ1v) is 7.36. The lowest BCUT2D eigenvalue weighted by molar-refractivity contribution is -0.0931. The van der Waals surface area contributed by atoms with Gasteiger partial charge in [-0.2, -0.15) is 0 Å². The lowest BCUT2D eigenvalue weighted by Gasteiger charge is -2.40. The van der Waals surface area contributed by atoms with E-state index < -0.39 is 0 Å². The molecule has 0 aromatic heterocycles. The van der Waals surface area contributed by atoms with E-state index in [-0.39, 0.29) is 17.3 Å². The van der Waals surface area contributed by atoms with Crippen molar-refractivity contribution in [1.29, 1.82) is 0 Å². The molecule has 1 unspecified atom stereocenters.